The van der Waals surface area contributed by atoms with Gasteiger partial charge in [-0.15, -0.1) is 0 Å². The van der Waals surface area contributed by atoms with Gasteiger partial charge in [0.15, 0.2) is 5.69 Å². The zero-order valence-electron chi connectivity index (χ0n) is 11.6. The maximum atomic E-state index is 13.0. The Balaban J connectivity index is 2.47. The van der Waals surface area contributed by atoms with Crippen molar-refractivity contribution in [2.24, 2.45) is 0 Å². The second kappa shape index (κ2) is 4.97. The first kappa shape index (κ1) is 13.8. The monoisotopic (exact) mass is 295 g/mol. The van der Waals surface area contributed by atoms with Crippen molar-refractivity contribution in [2.75, 3.05) is 0 Å². The molecule has 0 aliphatic rings. The van der Waals surface area contributed by atoms with Gasteiger partial charge in [0.05, 0.1) is 9.99 Å². The van der Waals surface area contributed by atoms with Crippen LogP contribution in [0, 0.1) is 34.2 Å². The van der Waals surface area contributed by atoms with Crippen molar-refractivity contribution in [1.82, 2.24) is 4.73 Å². The molecule has 0 unspecified atom stereocenters. The molecule has 0 fully saturated rings. The van der Waals surface area contributed by atoms with Gasteiger partial charge >= 0.3 is 5.69 Å². The van der Waals surface area contributed by atoms with Crippen LogP contribution in [0.3, 0.4) is 0 Å². The van der Waals surface area contributed by atoms with E-state index in [9.17, 15) is 19.8 Å². The third kappa shape index (κ3) is 2.00. The Kier molecular flexibility index (Phi) is 3.11. The predicted octanol–water partition coefficient (Wildman–Crippen LogP) is 2.89. The van der Waals surface area contributed by atoms with Crippen molar-refractivity contribution in [3.8, 4) is 17.3 Å². The number of nitrogens with zero attached hydrogens (tertiary/aromatic N) is 3. The van der Waals surface area contributed by atoms with Crippen LogP contribution in [0.4, 0.5) is 4.39 Å². The van der Waals surface area contributed by atoms with Gasteiger partial charge < -0.3 is 9.94 Å². The second-order valence-corrected chi connectivity index (χ2v) is 4.90. The van der Waals surface area contributed by atoms with E-state index >= 15 is 0 Å². The fourth-order valence-corrected chi connectivity index (χ4v) is 2.36. The highest BCUT2D eigenvalue weighted by Gasteiger charge is 2.24. The lowest BCUT2D eigenvalue weighted by Crippen LogP contribution is -2.24. The summed E-state index contributed by atoms with van der Waals surface area (Å²) in [7, 11) is 0. The Morgan fingerprint density at radius 3 is 2.55 bits per heavy atom. The molecule has 5 nitrogen and oxygen atoms in total. The normalized spacial score (nSPS) is 10.6. The smallest absolute Gasteiger partial charge is 0.304 e. The molecule has 0 atom stereocenters. The molecule has 22 heavy (non-hydrogen) atoms. The molecule has 0 bridgehead atoms. The molecule has 0 aliphatic heterocycles. The van der Waals surface area contributed by atoms with E-state index in [1.54, 1.807) is 25.1 Å². The van der Waals surface area contributed by atoms with E-state index in [4.69, 9.17) is 0 Å². The molecular formula is C16H10FN3O2. The van der Waals surface area contributed by atoms with E-state index in [0.29, 0.717) is 14.7 Å². The van der Waals surface area contributed by atoms with Crippen LogP contribution in [0.2, 0.25) is 0 Å². The summed E-state index contributed by atoms with van der Waals surface area (Å²) in [6.07, 6.45) is 0. The zero-order chi connectivity index (χ0) is 15.9. The van der Waals surface area contributed by atoms with Gasteiger partial charge in [-0.05, 0) is 42.8 Å². The van der Waals surface area contributed by atoms with Crippen molar-refractivity contribution in [3.05, 3.63) is 69.7 Å². The van der Waals surface area contributed by atoms with E-state index in [1.807, 2.05) is 0 Å². The third-order valence-corrected chi connectivity index (χ3v) is 3.42. The highest BCUT2D eigenvalue weighted by Crippen LogP contribution is 2.23. The third-order valence-electron chi connectivity index (χ3n) is 3.42. The Hall–Kier alpha value is -3.20. The van der Waals surface area contributed by atoms with Crippen LogP contribution < -0.4 is 4.43 Å². The lowest BCUT2D eigenvalue weighted by molar-refractivity contribution is -0.452. The maximum Gasteiger partial charge on any atom is 0.304 e. The molecule has 0 amide bonds. The second-order valence-electron chi connectivity index (χ2n) is 4.90. The number of halogens is 1. The number of nitriles is 1. The first-order valence-corrected chi connectivity index (χ1v) is 6.48. The van der Waals surface area contributed by atoms with E-state index in [2.05, 4.69) is 0 Å². The number of hydrogen-bond donors (Lipinski definition) is 0. The molecule has 3 rings (SSSR count). The van der Waals surface area contributed by atoms with Crippen LogP contribution in [0.15, 0.2) is 42.5 Å². The fourth-order valence-electron chi connectivity index (χ4n) is 2.36. The van der Waals surface area contributed by atoms with Crippen molar-refractivity contribution >= 4 is 11.0 Å². The highest BCUT2D eigenvalue weighted by atomic mass is 19.1. The lowest BCUT2D eigenvalue weighted by atomic mass is 10.1. The molecule has 0 saturated heterocycles. The standard InChI is InChI=1S/C16H10FN3O2/c1-10-2-7-13-14(8-10)19(21)15(9-18)16(20(13)22)11-3-5-12(17)6-4-11/h2-8H,1H3. The Morgan fingerprint density at radius 1 is 1.23 bits per heavy atom. The number of hydrogen-bond acceptors (Lipinski definition) is 3. The minimum absolute atomic E-state index is 0.0890. The highest BCUT2D eigenvalue weighted by molar-refractivity contribution is 5.77. The summed E-state index contributed by atoms with van der Waals surface area (Å²) in [6.45, 7) is 1.79. The summed E-state index contributed by atoms with van der Waals surface area (Å²) in [5.74, 6) is -0.467. The Labute approximate surface area is 124 Å². The van der Waals surface area contributed by atoms with E-state index in [1.165, 1.54) is 30.3 Å². The molecule has 0 saturated carbocycles. The first-order chi connectivity index (χ1) is 10.5. The quantitative estimate of drug-likeness (QED) is 0.648. The van der Waals surface area contributed by atoms with Crippen molar-refractivity contribution in [3.63, 3.8) is 0 Å². The van der Waals surface area contributed by atoms with Crippen LogP contribution in [0.25, 0.3) is 22.3 Å². The molecule has 1 aromatic heterocycles. The Morgan fingerprint density at radius 2 is 1.91 bits per heavy atom. The molecule has 0 spiro atoms. The van der Waals surface area contributed by atoms with Gasteiger partial charge in [0.1, 0.15) is 17.4 Å². The van der Waals surface area contributed by atoms with Crippen LogP contribution >= 0.6 is 0 Å². The first-order valence-electron chi connectivity index (χ1n) is 6.48. The van der Waals surface area contributed by atoms with Gasteiger partial charge in [-0.3, -0.25) is 0 Å². The molecule has 0 aliphatic carbocycles. The predicted molar refractivity (Wildman–Crippen MR) is 78.9 cm³/mol. The molecule has 0 N–H and O–H groups in total. The summed E-state index contributed by atoms with van der Waals surface area (Å²) < 4.78 is 14.0. The average molecular weight is 295 g/mol. The van der Waals surface area contributed by atoms with Gasteiger partial charge in [0.2, 0.25) is 0 Å². The summed E-state index contributed by atoms with van der Waals surface area (Å²) in [5.41, 5.74) is 0.973. The summed E-state index contributed by atoms with van der Waals surface area (Å²) in [6, 6.07) is 11.6. The Bertz CT molecular complexity index is 985. The van der Waals surface area contributed by atoms with E-state index < -0.39 is 5.82 Å². The van der Waals surface area contributed by atoms with Crippen LogP contribution in [-0.2, 0) is 0 Å². The topological polar surface area (TPSA) is 74.8 Å². The summed E-state index contributed by atoms with van der Waals surface area (Å²) in [4.78, 5) is 12.6. The molecule has 108 valence electrons. The summed E-state index contributed by atoms with van der Waals surface area (Å²) >= 11 is 0. The molecular weight excluding hydrogens is 285 g/mol. The molecule has 2 aromatic carbocycles. The number of benzene rings is 2. The van der Waals surface area contributed by atoms with Gasteiger partial charge in [-0.25, -0.2) is 4.39 Å². The summed E-state index contributed by atoms with van der Waals surface area (Å²) in [5, 5.41) is 21.7. The minimum Gasteiger partial charge on any atom is -0.804 e. The fraction of sp³-hybridized carbons (Fsp3) is 0.0625. The number of rotatable bonds is 1. The largest absolute Gasteiger partial charge is 0.804 e. The molecule has 1 heterocycles. The minimum atomic E-state index is -0.467. The van der Waals surface area contributed by atoms with Crippen molar-refractivity contribution in [2.45, 2.75) is 6.92 Å². The van der Waals surface area contributed by atoms with Crippen molar-refractivity contribution < 1.29 is 8.82 Å². The van der Waals surface area contributed by atoms with Gasteiger partial charge in [0, 0.05) is 11.0 Å². The maximum absolute atomic E-state index is 13.0. The zero-order valence-corrected chi connectivity index (χ0v) is 11.6. The molecule has 6 heteroatoms. The van der Waals surface area contributed by atoms with E-state index in [0.717, 1.165) is 5.56 Å². The number of fused-ring (bicyclic) bond motifs is 1. The van der Waals surface area contributed by atoms with Gasteiger partial charge in [0.25, 0.3) is 5.52 Å². The van der Waals surface area contributed by atoms with Crippen LogP contribution in [0.1, 0.15) is 11.3 Å². The molecule has 3 aromatic rings. The van der Waals surface area contributed by atoms with E-state index in [-0.39, 0.29) is 22.4 Å². The van der Waals surface area contributed by atoms with Gasteiger partial charge in [-0.2, -0.15) is 5.26 Å². The lowest BCUT2D eigenvalue weighted by Gasteiger charge is -2.15. The van der Waals surface area contributed by atoms with Crippen LogP contribution in [-0.4, -0.2) is 4.73 Å². The number of aryl methyl sites for hydroxylation is 1. The van der Waals surface area contributed by atoms with Crippen molar-refractivity contribution in [1.29, 1.82) is 5.26 Å². The SMILES string of the molecule is Cc1ccc2c(c1)n([O-])c(C#N)c(-c1ccc(F)cc1)[n+]2=O. The molecule has 0 radical (unpaired) electrons. The van der Waals surface area contributed by atoms with Gasteiger partial charge in [-0.1, -0.05) is 6.07 Å². The van der Waals surface area contributed by atoms with Crippen LogP contribution in [0.5, 0.6) is 0 Å². The average Bonchev–Trinajstić information content (AvgIpc) is 2.51. The number of aromatic nitrogens is 2.